The minimum Gasteiger partial charge on any atom is -0.490 e. The summed E-state index contributed by atoms with van der Waals surface area (Å²) in [4.78, 5) is 18.9. The van der Waals surface area contributed by atoms with Gasteiger partial charge in [0.1, 0.15) is 11.6 Å². The summed E-state index contributed by atoms with van der Waals surface area (Å²) in [6.07, 6.45) is 0.0265. The third kappa shape index (κ3) is 2.13. The van der Waals surface area contributed by atoms with Gasteiger partial charge in [-0.2, -0.15) is 5.21 Å². The monoisotopic (exact) mass is 271 g/mol. The standard InChI is InChI=1S/C13H13N5O2/c1-7(2)20-9-6-4-3-5-8(9)11-14-12-10(13(19)15-11)16-18-17-12/h3-7H,1-2H3,(H2,14,15,16,17,18,19). The molecule has 0 aliphatic rings. The summed E-state index contributed by atoms with van der Waals surface area (Å²) in [6.45, 7) is 3.88. The molecule has 0 aliphatic carbocycles. The molecule has 0 saturated heterocycles. The second-order valence-corrected chi connectivity index (χ2v) is 4.57. The van der Waals surface area contributed by atoms with Crippen molar-refractivity contribution >= 4 is 11.2 Å². The number of nitrogens with zero attached hydrogens (tertiary/aromatic N) is 3. The van der Waals surface area contributed by atoms with Crippen molar-refractivity contribution in [3.8, 4) is 17.1 Å². The van der Waals surface area contributed by atoms with Crippen LogP contribution in [0, 0.1) is 0 Å². The molecule has 1 aromatic carbocycles. The number of benzene rings is 1. The molecular weight excluding hydrogens is 258 g/mol. The highest BCUT2D eigenvalue weighted by atomic mass is 16.5. The largest absolute Gasteiger partial charge is 0.490 e. The van der Waals surface area contributed by atoms with Crippen LogP contribution in [0.25, 0.3) is 22.6 Å². The van der Waals surface area contributed by atoms with Gasteiger partial charge in [0, 0.05) is 0 Å². The van der Waals surface area contributed by atoms with Crippen molar-refractivity contribution in [3.05, 3.63) is 34.6 Å². The van der Waals surface area contributed by atoms with Gasteiger partial charge in [0.2, 0.25) is 5.65 Å². The first-order valence-electron chi connectivity index (χ1n) is 6.22. The molecular formula is C13H13N5O2. The fourth-order valence-corrected chi connectivity index (χ4v) is 1.90. The van der Waals surface area contributed by atoms with Gasteiger partial charge < -0.3 is 9.72 Å². The van der Waals surface area contributed by atoms with E-state index in [1.54, 1.807) is 0 Å². The van der Waals surface area contributed by atoms with Crippen LogP contribution in [-0.4, -0.2) is 31.5 Å². The van der Waals surface area contributed by atoms with Crippen LogP contribution >= 0.6 is 0 Å². The first-order valence-corrected chi connectivity index (χ1v) is 6.22. The molecule has 2 aromatic heterocycles. The lowest BCUT2D eigenvalue weighted by molar-refractivity contribution is 0.243. The van der Waals surface area contributed by atoms with E-state index >= 15 is 0 Å². The molecule has 2 N–H and O–H groups in total. The van der Waals surface area contributed by atoms with Gasteiger partial charge in [-0.25, -0.2) is 4.98 Å². The fraction of sp³-hybridized carbons (Fsp3) is 0.231. The number of H-pyrrole nitrogens is 2. The Hall–Kier alpha value is -2.70. The molecule has 0 bridgehead atoms. The number of aromatic amines is 2. The normalized spacial score (nSPS) is 11.2. The van der Waals surface area contributed by atoms with Crippen molar-refractivity contribution < 1.29 is 4.74 Å². The highest BCUT2D eigenvalue weighted by Gasteiger charge is 2.13. The summed E-state index contributed by atoms with van der Waals surface area (Å²) < 4.78 is 5.73. The quantitative estimate of drug-likeness (QED) is 0.752. The van der Waals surface area contributed by atoms with Crippen molar-refractivity contribution in [2.45, 2.75) is 20.0 Å². The molecule has 7 nitrogen and oxygen atoms in total. The highest BCUT2D eigenvalue weighted by molar-refractivity contribution is 5.72. The molecule has 20 heavy (non-hydrogen) atoms. The first kappa shape index (κ1) is 12.3. The number of hydrogen-bond acceptors (Lipinski definition) is 5. The van der Waals surface area contributed by atoms with E-state index in [4.69, 9.17) is 4.74 Å². The van der Waals surface area contributed by atoms with E-state index in [1.807, 2.05) is 38.1 Å². The average molecular weight is 271 g/mol. The Morgan fingerprint density at radius 2 is 2.00 bits per heavy atom. The van der Waals surface area contributed by atoms with E-state index in [-0.39, 0.29) is 22.8 Å². The number of para-hydroxylation sites is 1. The molecule has 0 spiro atoms. The topological polar surface area (TPSA) is 96.6 Å². The van der Waals surface area contributed by atoms with Crippen LogP contribution in [0.2, 0.25) is 0 Å². The van der Waals surface area contributed by atoms with E-state index < -0.39 is 0 Å². The summed E-state index contributed by atoms with van der Waals surface area (Å²) in [5, 5.41) is 9.99. The first-order chi connectivity index (χ1) is 9.65. The minimum atomic E-state index is -0.335. The summed E-state index contributed by atoms with van der Waals surface area (Å²) in [6, 6.07) is 7.40. The third-order valence-corrected chi connectivity index (χ3v) is 2.70. The van der Waals surface area contributed by atoms with Crippen molar-refractivity contribution in [2.24, 2.45) is 0 Å². The maximum Gasteiger partial charge on any atom is 0.281 e. The summed E-state index contributed by atoms with van der Waals surface area (Å²) in [5.74, 6) is 1.07. The molecule has 3 rings (SSSR count). The van der Waals surface area contributed by atoms with E-state index in [1.165, 1.54) is 0 Å². The van der Waals surface area contributed by atoms with Gasteiger partial charge in [-0.05, 0) is 26.0 Å². The minimum absolute atomic E-state index is 0.0265. The van der Waals surface area contributed by atoms with Crippen LogP contribution in [0.3, 0.4) is 0 Å². The summed E-state index contributed by atoms with van der Waals surface area (Å²) in [5.41, 5.74) is 0.848. The maximum absolute atomic E-state index is 11.9. The molecule has 0 unspecified atom stereocenters. The lowest BCUT2D eigenvalue weighted by atomic mass is 10.2. The van der Waals surface area contributed by atoms with Crippen LogP contribution in [0.1, 0.15) is 13.8 Å². The van der Waals surface area contributed by atoms with Crippen molar-refractivity contribution in [1.82, 2.24) is 25.4 Å². The molecule has 3 aromatic rings. The van der Waals surface area contributed by atoms with Gasteiger partial charge in [0.05, 0.1) is 11.7 Å². The number of aromatic nitrogens is 5. The van der Waals surface area contributed by atoms with Gasteiger partial charge >= 0.3 is 0 Å². The second-order valence-electron chi connectivity index (χ2n) is 4.57. The molecule has 0 amide bonds. The van der Waals surface area contributed by atoms with Crippen molar-refractivity contribution in [2.75, 3.05) is 0 Å². The van der Waals surface area contributed by atoms with E-state index in [0.717, 1.165) is 0 Å². The van der Waals surface area contributed by atoms with Crippen molar-refractivity contribution in [1.29, 1.82) is 0 Å². The molecule has 0 fully saturated rings. The smallest absolute Gasteiger partial charge is 0.281 e. The molecule has 0 atom stereocenters. The zero-order chi connectivity index (χ0) is 14.1. The zero-order valence-corrected chi connectivity index (χ0v) is 11.0. The lowest BCUT2D eigenvalue weighted by Gasteiger charge is -2.13. The molecule has 102 valence electrons. The summed E-state index contributed by atoms with van der Waals surface area (Å²) in [7, 11) is 0. The molecule has 7 heteroatoms. The highest BCUT2D eigenvalue weighted by Crippen LogP contribution is 2.27. The van der Waals surface area contributed by atoms with E-state index in [9.17, 15) is 4.79 Å². The van der Waals surface area contributed by atoms with Gasteiger partial charge in [-0.15, -0.1) is 10.2 Å². The number of ether oxygens (including phenoxy) is 1. The zero-order valence-electron chi connectivity index (χ0n) is 11.0. The van der Waals surface area contributed by atoms with Crippen molar-refractivity contribution in [3.63, 3.8) is 0 Å². The van der Waals surface area contributed by atoms with Crippen LogP contribution in [0.5, 0.6) is 5.75 Å². The van der Waals surface area contributed by atoms with E-state index in [2.05, 4.69) is 25.4 Å². The Morgan fingerprint density at radius 1 is 1.20 bits per heavy atom. The lowest BCUT2D eigenvalue weighted by Crippen LogP contribution is -2.11. The molecule has 2 heterocycles. The molecule has 0 radical (unpaired) electrons. The van der Waals surface area contributed by atoms with Gasteiger partial charge in [-0.3, -0.25) is 4.79 Å². The van der Waals surface area contributed by atoms with Gasteiger partial charge in [-0.1, -0.05) is 12.1 Å². The third-order valence-electron chi connectivity index (χ3n) is 2.70. The predicted molar refractivity (Wildman–Crippen MR) is 73.5 cm³/mol. The summed E-state index contributed by atoms with van der Waals surface area (Å²) >= 11 is 0. The Balaban J connectivity index is 2.17. The number of rotatable bonds is 3. The van der Waals surface area contributed by atoms with Crippen LogP contribution in [0.4, 0.5) is 0 Å². The Labute approximate surface area is 114 Å². The molecule has 0 saturated carbocycles. The molecule has 0 aliphatic heterocycles. The maximum atomic E-state index is 11.9. The second kappa shape index (κ2) is 4.76. The fourth-order valence-electron chi connectivity index (χ4n) is 1.90. The number of fused-ring (bicyclic) bond motifs is 1. The number of nitrogens with one attached hydrogen (secondary N) is 2. The van der Waals surface area contributed by atoms with Gasteiger partial charge in [0.25, 0.3) is 5.56 Å². The Bertz CT molecular complexity index is 806. The van der Waals surface area contributed by atoms with Crippen LogP contribution in [-0.2, 0) is 0 Å². The average Bonchev–Trinajstić information content (AvgIpc) is 2.87. The van der Waals surface area contributed by atoms with Gasteiger partial charge in [0.15, 0.2) is 5.52 Å². The van der Waals surface area contributed by atoms with E-state index in [0.29, 0.717) is 17.1 Å². The Morgan fingerprint density at radius 3 is 2.80 bits per heavy atom. The number of hydrogen-bond donors (Lipinski definition) is 2. The predicted octanol–water partition coefficient (Wildman–Crippen LogP) is 1.50. The van der Waals surface area contributed by atoms with Crippen LogP contribution in [0.15, 0.2) is 29.1 Å². The SMILES string of the molecule is CC(C)Oc1ccccc1-c1nc2n[nH]nc2c(=O)[nH]1. The Kier molecular flexibility index (Phi) is 2.94. The van der Waals surface area contributed by atoms with Crippen LogP contribution < -0.4 is 10.3 Å².